The first kappa shape index (κ1) is 17.2. The smallest absolute Gasteiger partial charge is 0.322 e. The van der Waals surface area contributed by atoms with E-state index in [9.17, 15) is 9.59 Å². The lowest BCUT2D eigenvalue weighted by Gasteiger charge is -2.60. The fourth-order valence-corrected chi connectivity index (χ4v) is 4.21. The first-order chi connectivity index (χ1) is 10.5. The van der Waals surface area contributed by atoms with Crippen molar-refractivity contribution in [1.82, 2.24) is 10.2 Å². The number of hydrogen-bond donors (Lipinski definition) is 2. The zero-order chi connectivity index (χ0) is 16.2. The van der Waals surface area contributed by atoms with Gasteiger partial charge in [-0.3, -0.25) is 14.5 Å². The molecule has 2 aliphatic carbocycles. The van der Waals surface area contributed by atoms with Crippen molar-refractivity contribution in [2.75, 3.05) is 26.7 Å². The van der Waals surface area contributed by atoms with E-state index in [2.05, 4.69) is 10.2 Å². The summed E-state index contributed by atoms with van der Waals surface area (Å²) in [6, 6.07) is 0.361. The van der Waals surface area contributed by atoms with Crippen molar-refractivity contribution in [2.45, 2.75) is 57.6 Å². The number of aliphatic carboxylic acids is 1. The quantitative estimate of drug-likeness (QED) is 0.739. The average molecular weight is 312 g/mol. The molecule has 6 nitrogen and oxygen atoms in total. The van der Waals surface area contributed by atoms with E-state index in [-0.39, 0.29) is 24.4 Å². The number of nitrogens with one attached hydrogen (secondary N) is 1. The van der Waals surface area contributed by atoms with Crippen LogP contribution in [0.1, 0.15) is 45.4 Å². The highest BCUT2D eigenvalue weighted by Gasteiger charge is 2.56. The molecule has 2 aliphatic rings. The van der Waals surface area contributed by atoms with Gasteiger partial charge in [-0.05, 0) is 33.2 Å². The third-order valence-electron chi connectivity index (χ3n) is 5.26. The van der Waals surface area contributed by atoms with E-state index in [0.717, 1.165) is 13.0 Å². The number of carbonyl (C=O) groups excluding carboxylic acids is 1. The Kier molecular flexibility index (Phi) is 5.81. The van der Waals surface area contributed by atoms with Crippen molar-refractivity contribution in [3.63, 3.8) is 0 Å². The van der Waals surface area contributed by atoms with E-state index in [1.165, 1.54) is 32.1 Å². The number of nitrogens with zero attached hydrogens (tertiary/aromatic N) is 1. The molecule has 2 saturated carbocycles. The van der Waals surface area contributed by atoms with E-state index in [4.69, 9.17) is 9.84 Å². The number of hydrogen-bond acceptors (Lipinski definition) is 4. The molecule has 0 bridgehead atoms. The van der Waals surface area contributed by atoms with E-state index in [0.29, 0.717) is 12.1 Å². The zero-order valence-electron chi connectivity index (χ0n) is 13.6. The number of rotatable bonds is 7. The Balaban J connectivity index is 1.92. The number of likely N-dealkylation sites (N-methyl/N-ethyl adjacent to an activating group) is 1. The van der Waals surface area contributed by atoms with Gasteiger partial charge in [-0.15, -0.1) is 0 Å². The van der Waals surface area contributed by atoms with Gasteiger partial charge in [-0.2, -0.15) is 0 Å². The highest BCUT2D eigenvalue weighted by atomic mass is 16.5. The highest BCUT2D eigenvalue weighted by molar-refractivity contribution is 5.82. The van der Waals surface area contributed by atoms with Crippen molar-refractivity contribution in [3.05, 3.63) is 0 Å². The molecule has 2 atom stereocenters. The van der Waals surface area contributed by atoms with E-state index in [1.54, 1.807) is 0 Å². The topological polar surface area (TPSA) is 78.9 Å². The molecule has 0 aromatic heterocycles. The van der Waals surface area contributed by atoms with Crippen molar-refractivity contribution in [2.24, 2.45) is 5.41 Å². The Hall–Kier alpha value is -1.14. The molecule has 2 N–H and O–H groups in total. The molecular weight excluding hydrogens is 284 g/mol. The Morgan fingerprint density at radius 3 is 2.59 bits per heavy atom. The molecule has 22 heavy (non-hydrogen) atoms. The molecule has 126 valence electrons. The molecule has 2 rings (SSSR count). The summed E-state index contributed by atoms with van der Waals surface area (Å²) >= 11 is 0. The van der Waals surface area contributed by atoms with Crippen LogP contribution in [-0.4, -0.2) is 60.8 Å². The van der Waals surface area contributed by atoms with E-state index >= 15 is 0 Å². The third kappa shape index (κ3) is 3.60. The van der Waals surface area contributed by atoms with Gasteiger partial charge in [0.05, 0.1) is 12.6 Å². The van der Waals surface area contributed by atoms with Crippen LogP contribution >= 0.6 is 0 Å². The van der Waals surface area contributed by atoms with Crippen LogP contribution < -0.4 is 5.32 Å². The summed E-state index contributed by atoms with van der Waals surface area (Å²) < 4.78 is 5.93. The maximum atomic E-state index is 11.8. The standard InChI is InChI=1S/C16H28N2O4/c1-3-22-13-9-12(16(13)7-5-4-6-8-16)18(2)11-14(19)17-10-15(20)21/h12-13H,3-11H2,1-2H3,(H,17,19)(H,20,21). The summed E-state index contributed by atoms with van der Waals surface area (Å²) in [4.78, 5) is 24.4. The summed E-state index contributed by atoms with van der Waals surface area (Å²) in [7, 11) is 1.96. The Morgan fingerprint density at radius 1 is 1.32 bits per heavy atom. The zero-order valence-corrected chi connectivity index (χ0v) is 13.6. The van der Waals surface area contributed by atoms with Crippen LogP contribution in [0.25, 0.3) is 0 Å². The SMILES string of the molecule is CCOC1CC(N(C)CC(=O)NCC(=O)O)C12CCCCC2. The second kappa shape index (κ2) is 7.42. The lowest BCUT2D eigenvalue weighted by atomic mass is 9.54. The lowest BCUT2D eigenvalue weighted by molar-refractivity contribution is -0.179. The van der Waals surface area contributed by atoms with Gasteiger partial charge in [0.2, 0.25) is 5.91 Å². The van der Waals surface area contributed by atoms with E-state index in [1.807, 2.05) is 14.0 Å². The summed E-state index contributed by atoms with van der Waals surface area (Å²) in [6.07, 6.45) is 7.38. The average Bonchev–Trinajstić information content (AvgIpc) is 2.49. The van der Waals surface area contributed by atoms with Gasteiger partial charge in [0, 0.05) is 18.1 Å². The van der Waals surface area contributed by atoms with Crippen molar-refractivity contribution < 1.29 is 19.4 Å². The predicted molar refractivity (Wildman–Crippen MR) is 82.6 cm³/mol. The highest BCUT2D eigenvalue weighted by Crippen LogP contribution is 2.55. The summed E-state index contributed by atoms with van der Waals surface area (Å²) in [5.74, 6) is -1.24. The van der Waals surface area contributed by atoms with Gasteiger partial charge >= 0.3 is 5.97 Å². The molecule has 0 aromatic carbocycles. The predicted octanol–water partition coefficient (Wildman–Crippen LogP) is 1.25. The molecule has 0 heterocycles. The number of carboxylic acids is 1. The minimum Gasteiger partial charge on any atom is -0.480 e. The van der Waals surface area contributed by atoms with Gasteiger partial charge in [-0.25, -0.2) is 0 Å². The fourth-order valence-electron chi connectivity index (χ4n) is 4.21. The first-order valence-corrected chi connectivity index (χ1v) is 8.30. The van der Waals surface area contributed by atoms with Gasteiger partial charge in [0.15, 0.2) is 0 Å². The summed E-state index contributed by atoms with van der Waals surface area (Å²) in [5, 5.41) is 11.0. The molecule has 6 heteroatoms. The van der Waals surface area contributed by atoms with Crippen LogP contribution in [0.4, 0.5) is 0 Å². The van der Waals surface area contributed by atoms with Gasteiger partial charge in [0.25, 0.3) is 0 Å². The summed E-state index contributed by atoms with van der Waals surface area (Å²) in [5.41, 5.74) is 0.191. The number of amides is 1. The normalized spacial score (nSPS) is 26.7. The summed E-state index contributed by atoms with van der Waals surface area (Å²) in [6.45, 7) is 2.71. The minimum atomic E-state index is -1.01. The van der Waals surface area contributed by atoms with Crippen LogP contribution in [-0.2, 0) is 14.3 Å². The van der Waals surface area contributed by atoms with Gasteiger partial charge < -0.3 is 15.2 Å². The largest absolute Gasteiger partial charge is 0.480 e. The van der Waals surface area contributed by atoms with Crippen molar-refractivity contribution >= 4 is 11.9 Å². The molecule has 1 spiro atoms. The van der Waals surface area contributed by atoms with Gasteiger partial charge in [-0.1, -0.05) is 19.3 Å². The molecular formula is C16H28N2O4. The van der Waals surface area contributed by atoms with Crippen molar-refractivity contribution in [1.29, 1.82) is 0 Å². The fraction of sp³-hybridized carbons (Fsp3) is 0.875. The molecule has 0 aromatic rings. The molecule has 1 amide bonds. The van der Waals surface area contributed by atoms with Crippen LogP contribution in [0.3, 0.4) is 0 Å². The molecule has 2 unspecified atom stereocenters. The number of carboxylic acid groups (broad SMARTS) is 1. The first-order valence-electron chi connectivity index (χ1n) is 8.30. The second-order valence-electron chi connectivity index (χ2n) is 6.57. The molecule has 0 aliphatic heterocycles. The Morgan fingerprint density at radius 2 is 2.00 bits per heavy atom. The van der Waals surface area contributed by atoms with Crippen LogP contribution in [0.15, 0.2) is 0 Å². The van der Waals surface area contributed by atoms with Crippen LogP contribution in [0, 0.1) is 5.41 Å². The molecule has 0 saturated heterocycles. The Bertz CT molecular complexity index is 407. The second-order valence-corrected chi connectivity index (χ2v) is 6.57. The maximum absolute atomic E-state index is 11.8. The minimum absolute atomic E-state index is 0.191. The molecule has 2 fully saturated rings. The van der Waals surface area contributed by atoms with E-state index < -0.39 is 5.97 Å². The monoisotopic (exact) mass is 312 g/mol. The number of ether oxygens (including phenoxy) is 1. The third-order valence-corrected chi connectivity index (χ3v) is 5.26. The lowest BCUT2D eigenvalue weighted by Crippen LogP contribution is -2.65. The molecule has 0 radical (unpaired) electrons. The maximum Gasteiger partial charge on any atom is 0.322 e. The van der Waals surface area contributed by atoms with Crippen molar-refractivity contribution in [3.8, 4) is 0 Å². The van der Waals surface area contributed by atoms with Crippen LogP contribution in [0.5, 0.6) is 0 Å². The number of carbonyl (C=O) groups is 2. The van der Waals surface area contributed by atoms with Gasteiger partial charge in [0.1, 0.15) is 6.54 Å². The Labute approximate surface area is 132 Å². The van der Waals surface area contributed by atoms with Crippen LogP contribution in [0.2, 0.25) is 0 Å².